The minimum absolute atomic E-state index is 0.229. The Morgan fingerprint density at radius 3 is 2.78 bits per heavy atom. The maximum Gasteiger partial charge on any atom is 0.267 e. The summed E-state index contributed by atoms with van der Waals surface area (Å²) in [6, 6.07) is 2.41. The van der Waals surface area contributed by atoms with Gasteiger partial charge in [-0.3, -0.25) is 9.79 Å². The predicted octanol–water partition coefficient (Wildman–Crippen LogP) is 5.04. The first kappa shape index (κ1) is 23.8. The van der Waals surface area contributed by atoms with Crippen molar-refractivity contribution < 1.29 is 4.79 Å². The SMILES string of the molecule is CCC/C=C\c1c(C)ncnc1C1=CC(CC(CC#N)C2CCCC2)CCN=C1C(N)=O. The van der Waals surface area contributed by atoms with Crippen molar-refractivity contribution in [2.24, 2.45) is 28.5 Å². The van der Waals surface area contributed by atoms with Gasteiger partial charge in [0, 0.05) is 29.8 Å². The van der Waals surface area contributed by atoms with Gasteiger partial charge in [-0.15, -0.1) is 0 Å². The molecule has 170 valence electrons. The molecule has 0 saturated heterocycles. The van der Waals surface area contributed by atoms with E-state index < -0.39 is 5.91 Å². The second kappa shape index (κ2) is 11.7. The lowest BCUT2D eigenvalue weighted by Gasteiger charge is -2.24. The maximum absolute atomic E-state index is 12.3. The number of hydrogen-bond acceptors (Lipinski definition) is 5. The van der Waals surface area contributed by atoms with Crippen molar-refractivity contribution >= 4 is 23.3 Å². The summed E-state index contributed by atoms with van der Waals surface area (Å²) >= 11 is 0. The molecule has 32 heavy (non-hydrogen) atoms. The Balaban J connectivity index is 2.00. The number of carbonyl (C=O) groups excluding carboxylic acids is 1. The molecule has 1 aliphatic heterocycles. The molecule has 1 aromatic rings. The molecular weight excluding hydrogens is 398 g/mol. The Labute approximate surface area is 191 Å². The van der Waals surface area contributed by atoms with Gasteiger partial charge in [-0.25, -0.2) is 9.97 Å². The van der Waals surface area contributed by atoms with E-state index in [2.05, 4.69) is 40.1 Å². The number of carbonyl (C=O) groups is 1. The van der Waals surface area contributed by atoms with Crippen molar-refractivity contribution in [3.05, 3.63) is 35.4 Å². The summed E-state index contributed by atoms with van der Waals surface area (Å²) in [7, 11) is 0. The van der Waals surface area contributed by atoms with Crippen LogP contribution in [0.1, 0.15) is 81.7 Å². The van der Waals surface area contributed by atoms with E-state index in [-0.39, 0.29) is 5.92 Å². The fourth-order valence-electron chi connectivity index (χ4n) is 5.06. The number of aromatic nitrogens is 2. The number of nitriles is 1. The summed E-state index contributed by atoms with van der Waals surface area (Å²) in [6.07, 6.45) is 17.2. The number of aliphatic imine (C=N–C) groups is 1. The van der Waals surface area contributed by atoms with Crippen molar-refractivity contribution in [3.63, 3.8) is 0 Å². The van der Waals surface area contributed by atoms with Crippen LogP contribution in [0, 0.1) is 36.0 Å². The Kier molecular flexibility index (Phi) is 8.72. The predicted molar refractivity (Wildman–Crippen MR) is 129 cm³/mol. The van der Waals surface area contributed by atoms with Crippen molar-refractivity contribution in [1.82, 2.24) is 9.97 Å². The zero-order valence-corrected chi connectivity index (χ0v) is 19.4. The van der Waals surface area contributed by atoms with Gasteiger partial charge >= 0.3 is 0 Å². The maximum atomic E-state index is 12.3. The largest absolute Gasteiger partial charge is 0.364 e. The van der Waals surface area contributed by atoms with Crippen LogP contribution in [0.15, 0.2) is 23.5 Å². The average Bonchev–Trinajstić information content (AvgIpc) is 3.22. The molecule has 0 bridgehead atoms. The topological polar surface area (TPSA) is 105 Å². The van der Waals surface area contributed by atoms with Crippen molar-refractivity contribution in [2.75, 3.05) is 6.54 Å². The highest BCUT2D eigenvalue weighted by Crippen LogP contribution is 2.38. The van der Waals surface area contributed by atoms with E-state index in [1.165, 1.54) is 32.0 Å². The molecule has 0 radical (unpaired) electrons. The van der Waals surface area contributed by atoms with Crippen LogP contribution in [-0.2, 0) is 4.79 Å². The summed E-state index contributed by atoms with van der Waals surface area (Å²) in [4.78, 5) is 25.8. The number of nitrogens with two attached hydrogens (primary N) is 1. The van der Waals surface area contributed by atoms with Crippen LogP contribution in [-0.4, -0.2) is 28.1 Å². The lowest BCUT2D eigenvalue weighted by atomic mass is 9.80. The fraction of sp³-hybridized carbons (Fsp3) is 0.577. The standard InChI is InChI=1S/C26H35N5O/c1-3-4-5-10-22-18(2)30-17-31-24(22)23-16-19(12-14-29-25(23)26(28)32)15-21(11-13-27)20-8-6-7-9-20/h5,10,16-17,19-21H,3-4,6-9,11-12,14-15H2,1-2H3,(H2,28,32)/b10-5-. The first-order chi connectivity index (χ1) is 15.5. The van der Waals surface area contributed by atoms with Crippen LogP contribution >= 0.6 is 0 Å². The molecule has 6 heteroatoms. The molecule has 1 aromatic heterocycles. The number of amides is 1. The van der Waals surface area contributed by atoms with Crippen LogP contribution in [0.2, 0.25) is 0 Å². The number of rotatable bonds is 9. The van der Waals surface area contributed by atoms with Crippen molar-refractivity contribution in [1.29, 1.82) is 5.26 Å². The minimum Gasteiger partial charge on any atom is -0.364 e. The van der Waals surface area contributed by atoms with Gasteiger partial charge in [-0.2, -0.15) is 5.26 Å². The Morgan fingerprint density at radius 1 is 1.31 bits per heavy atom. The average molecular weight is 434 g/mol. The van der Waals surface area contributed by atoms with E-state index in [0.29, 0.717) is 41.8 Å². The van der Waals surface area contributed by atoms with E-state index in [1.807, 2.05) is 13.0 Å². The summed E-state index contributed by atoms with van der Waals surface area (Å²) in [5.41, 5.74) is 9.25. The van der Waals surface area contributed by atoms with Crippen LogP contribution in [0.3, 0.4) is 0 Å². The number of aryl methyl sites for hydroxylation is 1. The summed E-state index contributed by atoms with van der Waals surface area (Å²) in [6.45, 7) is 4.64. The van der Waals surface area contributed by atoms with Gasteiger partial charge in [0.05, 0.1) is 11.8 Å². The highest BCUT2D eigenvalue weighted by molar-refractivity contribution is 6.55. The van der Waals surface area contributed by atoms with Gasteiger partial charge in [-0.05, 0) is 43.9 Å². The van der Waals surface area contributed by atoms with Crippen LogP contribution in [0.4, 0.5) is 0 Å². The second-order valence-electron chi connectivity index (χ2n) is 9.04. The van der Waals surface area contributed by atoms with E-state index >= 15 is 0 Å². The number of hydrogen-bond donors (Lipinski definition) is 1. The van der Waals surface area contributed by atoms with Gasteiger partial charge in [-0.1, -0.05) is 57.3 Å². The molecule has 2 atom stereocenters. The summed E-state index contributed by atoms with van der Waals surface area (Å²) in [5, 5.41) is 9.42. The second-order valence-corrected chi connectivity index (χ2v) is 9.04. The molecule has 6 nitrogen and oxygen atoms in total. The molecule has 3 rings (SSSR count). The fourth-order valence-corrected chi connectivity index (χ4v) is 5.06. The van der Waals surface area contributed by atoms with E-state index in [1.54, 1.807) is 0 Å². The molecular formula is C26H35N5O. The third-order valence-electron chi connectivity index (χ3n) is 6.76. The molecule has 0 aromatic carbocycles. The van der Waals surface area contributed by atoms with Gasteiger partial charge in [0.25, 0.3) is 5.91 Å². The quantitative estimate of drug-likeness (QED) is 0.589. The zero-order valence-electron chi connectivity index (χ0n) is 19.4. The monoisotopic (exact) mass is 433 g/mol. The Bertz CT molecular complexity index is 934. The van der Waals surface area contributed by atoms with Crippen molar-refractivity contribution in [3.8, 4) is 6.07 Å². The third kappa shape index (κ3) is 5.91. The zero-order chi connectivity index (χ0) is 22.9. The smallest absolute Gasteiger partial charge is 0.267 e. The minimum atomic E-state index is -0.527. The normalized spacial score (nSPS) is 20.5. The molecule has 1 saturated carbocycles. The van der Waals surface area contributed by atoms with E-state index in [9.17, 15) is 10.1 Å². The molecule has 1 amide bonds. The molecule has 2 heterocycles. The summed E-state index contributed by atoms with van der Waals surface area (Å²) in [5.74, 6) is 0.713. The van der Waals surface area contributed by atoms with Gasteiger partial charge in [0.15, 0.2) is 0 Å². The highest BCUT2D eigenvalue weighted by atomic mass is 16.1. The van der Waals surface area contributed by atoms with Gasteiger partial charge < -0.3 is 5.73 Å². The number of unbranched alkanes of at least 4 members (excludes halogenated alkanes) is 1. The van der Waals surface area contributed by atoms with Crippen LogP contribution in [0.5, 0.6) is 0 Å². The van der Waals surface area contributed by atoms with E-state index in [4.69, 9.17) is 5.73 Å². The Morgan fingerprint density at radius 2 is 2.09 bits per heavy atom. The molecule has 2 unspecified atom stereocenters. The van der Waals surface area contributed by atoms with Gasteiger partial charge in [0.1, 0.15) is 12.0 Å². The lowest BCUT2D eigenvalue weighted by molar-refractivity contribution is -0.111. The number of primary amides is 1. The first-order valence-electron chi connectivity index (χ1n) is 12.0. The lowest BCUT2D eigenvalue weighted by Crippen LogP contribution is -2.25. The van der Waals surface area contributed by atoms with Gasteiger partial charge in [0.2, 0.25) is 0 Å². The highest BCUT2D eigenvalue weighted by Gasteiger charge is 2.29. The Hall–Kier alpha value is -2.81. The molecule has 2 N–H and O–H groups in total. The number of nitrogens with zero attached hydrogens (tertiary/aromatic N) is 4. The third-order valence-corrected chi connectivity index (χ3v) is 6.76. The van der Waals surface area contributed by atoms with Crippen LogP contribution < -0.4 is 5.73 Å². The summed E-state index contributed by atoms with van der Waals surface area (Å²) < 4.78 is 0. The molecule has 0 spiro atoms. The molecule has 1 fully saturated rings. The first-order valence-corrected chi connectivity index (χ1v) is 12.0. The number of allylic oxidation sites excluding steroid dienone is 2. The molecule has 1 aliphatic carbocycles. The van der Waals surface area contributed by atoms with E-state index in [0.717, 1.165) is 36.9 Å². The molecule has 2 aliphatic rings. The van der Waals surface area contributed by atoms with Crippen LogP contribution in [0.25, 0.3) is 11.6 Å². The van der Waals surface area contributed by atoms with Crippen molar-refractivity contribution in [2.45, 2.75) is 71.6 Å².